The summed E-state index contributed by atoms with van der Waals surface area (Å²) in [5, 5.41) is 0. The lowest BCUT2D eigenvalue weighted by atomic mass is 10.2. The summed E-state index contributed by atoms with van der Waals surface area (Å²) in [6.07, 6.45) is 2.39. The quantitative estimate of drug-likeness (QED) is 0.327. The molecule has 7 heteroatoms. The molecule has 1 aliphatic rings. The SMILES string of the molecule is CS(=O)(=O)OCC(OCCCCOCc1ccccc1)[C@@H]1CO1. The lowest BCUT2D eigenvalue weighted by Gasteiger charge is -2.15. The fraction of sp³-hybridized carbons (Fsp3) is 0.625. The van der Waals surface area contributed by atoms with Crippen molar-refractivity contribution < 1.29 is 26.8 Å². The van der Waals surface area contributed by atoms with Crippen molar-refractivity contribution in [2.75, 3.05) is 32.7 Å². The minimum atomic E-state index is -3.45. The van der Waals surface area contributed by atoms with Gasteiger partial charge >= 0.3 is 0 Å². The van der Waals surface area contributed by atoms with Crippen LogP contribution in [-0.4, -0.2) is 53.3 Å². The summed E-state index contributed by atoms with van der Waals surface area (Å²) >= 11 is 0. The van der Waals surface area contributed by atoms with Crippen LogP contribution in [0.5, 0.6) is 0 Å². The van der Waals surface area contributed by atoms with E-state index in [1.54, 1.807) is 0 Å². The minimum absolute atomic E-state index is 0.00794. The first-order chi connectivity index (χ1) is 11.0. The van der Waals surface area contributed by atoms with Gasteiger partial charge in [0.05, 0.1) is 26.1 Å². The summed E-state index contributed by atoms with van der Waals surface area (Å²) in [6.45, 7) is 2.42. The fourth-order valence-corrected chi connectivity index (χ4v) is 2.41. The van der Waals surface area contributed by atoms with E-state index in [4.69, 9.17) is 18.4 Å². The minimum Gasteiger partial charge on any atom is -0.377 e. The first-order valence-corrected chi connectivity index (χ1v) is 9.55. The number of epoxide rings is 1. The molecule has 2 rings (SSSR count). The Morgan fingerprint density at radius 1 is 1.22 bits per heavy atom. The topological polar surface area (TPSA) is 74.4 Å². The van der Waals surface area contributed by atoms with Crippen molar-refractivity contribution in [1.29, 1.82) is 0 Å². The van der Waals surface area contributed by atoms with Crippen molar-refractivity contribution in [3.05, 3.63) is 35.9 Å². The largest absolute Gasteiger partial charge is 0.377 e. The first-order valence-electron chi connectivity index (χ1n) is 7.74. The molecule has 0 aliphatic carbocycles. The van der Waals surface area contributed by atoms with E-state index in [0.29, 0.717) is 26.4 Å². The van der Waals surface area contributed by atoms with E-state index in [9.17, 15) is 8.42 Å². The number of unbranched alkanes of at least 4 members (excludes halogenated alkanes) is 1. The molecule has 0 amide bonds. The van der Waals surface area contributed by atoms with E-state index in [0.717, 1.165) is 24.7 Å². The highest BCUT2D eigenvalue weighted by molar-refractivity contribution is 7.85. The second-order valence-corrected chi connectivity index (χ2v) is 7.16. The van der Waals surface area contributed by atoms with Gasteiger partial charge in [0.2, 0.25) is 0 Å². The van der Waals surface area contributed by atoms with Crippen LogP contribution in [0.3, 0.4) is 0 Å². The average Bonchev–Trinajstić information content (AvgIpc) is 3.34. The molecule has 130 valence electrons. The molecule has 0 N–H and O–H groups in total. The Hall–Kier alpha value is -0.990. The van der Waals surface area contributed by atoms with E-state index >= 15 is 0 Å². The number of benzene rings is 1. The molecule has 1 fully saturated rings. The number of ether oxygens (including phenoxy) is 3. The van der Waals surface area contributed by atoms with E-state index in [-0.39, 0.29) is 18.8 Å². The molecule has 0 radical (unpaired) electrons. The third-order valence-electron chi connectivity index (χ3n) is 3.35. The number of hydrogen-bond acceptors (Lipinski definition) is 6. The Bertz CT molecular complexity index is 541. The number of hydrogen-bond donors (Lipinski definition) is 0. The normalized spacial score (nSPS) is 18.7. The maximum absolute atomic E-state index is 11.0. The Labute approximate surface area is 137 Å². The average molecular weight is 344 g/mol. The standard InChI is InChI=1S/C16H24O6S/c1-23(17,18)22-13-16(15-12-21-15)20-10-6-5-9-19-11-14-7-3-2-4-8-14/h2-4,7-8,15-16H,5-6,9-13H2,1H3/t15-,16?/m0/s1. The van der Waals surface area contributed by atoms with Crippen molar-refractivity contribution in [3.8, 4) is 0 Å². The van der Waals surface area contributed by atoms with Gasteiger partial charge in [0.25, 0.3) is 10.1 Å². The van der Waals surface area contributed by atoms with E-state index in [1.165, 1.54) is 0 Å². The van der Waals surface area contributed by atoms with Gasteiger partial charge in [-0.2, -0.15) is 8.42 Å². The molecule has 0 bridgehead atoms. The Morgan fingerprint density at radius 3 is 2.57 bits per heavy atom. The van der Waals surface area contributed by atoms with Gasteiger partial charge in [0, 0.05) is 13.2 Å². The molecular weight excluding hydrogens is 320 g/mol. The lowest BCUT2D eigenvalue weighted by Crippen LogP contribution is -2.27. The Kier molecular flexibility index (Phi) is 7.45. The van der Waals surface area contributed by atoms with E-state index in [1.807, 2.05) is 30.3 Å². The molecule has 1 heterocycles. The lowest BCUT2D eigenvalue weighted by molar-refractivity contribution is 0.000587. The summed E-state index contributed by atoms with van der Waals surface area (Å²) in [4.78, 5) is 0. The summed E-state index contributed by atoms with van der Waals surface area (Å²) in [6, 6.07) is 10.0. The Morgan fingerprint density at radius 2 is 1.91 bits per heavy atom. The molecule has 1 aromatic rings. The van der Waals surface area contributed by atoms with Gasteiger partial charge in [-0.1, -0.05) is 30.3 Å². The van der Waals surface area contributed by atoms with Crippen molar-refractivity contribution >= 4 is 10.1 Å². The van der Waals surface area contributed by atoms with Crippen molar-refractivity contribution in [1.82, 2.24) is 0 Å². The summed E-state index contributed by atoms with van der Waals surface area (Å²) < 4.78 is 43.2. The van der Waals surface area contributed by atoms with Crippen molar-refractivity contribution in [2.45, 2.75) is 31.7 Å². The highest BCUT2D eigenvalue weighted by atomic mass is 32.2. The molecule has 1 saturated heterocycles. The molecule has 0 aromatic heterocycles. The van der Waals surface area contributed by atoms with E-state index in [2.05, 4.69) is 0 Å². The van der Waals surface area contributed by atoms with Gasteiger partial charge in [-0.15, -0.1) is 0 Å². The molecule has 1 aromatic carbocycles. The van der Waals surface area contributed by atoms with Crippen LogP contribution in [0.15, 0.2) is 30.3 Å². The zero-order valence-electron chi connectivity index (χ0n) is 13.3. The zero-order valence-corrected chi connectivity index (χ0v) is 14.2. The maximum Gasteiger partial charge on any atom is 0.264 e. The van der Waals surface area contributed by atoms with Gasteiger partial charge in [-0.25, -0.2) is 0 Å². The van der Waals surface area contributed by atoms with Crippen LogP contribution in [0.2, 0.25) is 0 Å². The molecule has 1 aliphatic heterocycles. The van der Waals surface area contributed by atoms with Crippen LogP contribution < -0.4 is 0 Å². The molecule has 0 spiro atoms. The second kappa shape index (κ2) is 9.34. The monoisotopic (exact) mass is 344 g/mol. The first kappa shape index (κ1) is 18.4. The van der Waals surface area contributed by atoms with Crippen LogP contribution in [0.4, 0.5) is 0 Å². The molecule has 6 nitrogen and oxygen atoms in total. The smallest absolute Gasteiger partial charge is 0.264 e. The van der Waals surface area contributed by atoms with Crippen LogP contribution in [0.1, 0.15) is 18.4 Å². The summed E-state index contributed by atoms with van der Waals surface area (Å²) in [5.41, 5.74) is 1.16. The molecule has 23 heavy (non-hydrogen) atoms. The van der Waals surface area contributed by atoms with Gasteiger partial charge in [0.15, 0.2) is 0 Å². The third-order valence-corrected chi connectivity index (χ3v) is 3.91. The van der Waals surface area contributed by atoms with Crippen LogP contribution in [-0.2, 0) is 35.1 Å². The van der Waals surface area contributed by atoms with Crippen LogP contribution >= 0.6 is 0 Å². The Balaban J connectivity index is 1.51. The highest BCUT2D eigenvalue weighted by Gasteiger charge is 2.34. The second-order valence-electron chi connectivity index (χ2n) is 5.51. The highest BCUT2D eigenvalue weighted by Crippen LogP contribution is 2.18. The molecule has 2 atom stereocenters. The fourth-order valence-electron chi connectivity index (χ4n) is 2.03. The summed E-state index contributed by atoms with van der Waals surface area (Å²) in [7, 11) is -3.45. The maximum atomic E-state index is 11.0. The number of rotatable bonds is 12. The van der Waals surface area contributed by atoms with Crippen molar-refractivity contribution in [3.63, 3.8) is 0 Å². The van der Waals surface area contributed by atoms with Crippen LogP contribution in [0, 0.1) is 0 Å². The predicted molar refractivity (Wildman–Crippen MR) is 85.6 cm³/mol. The van der Waals surface area contributed by atoms with Gasteiger partial charge in [0.1, 0.15) is 12.2 Å². The van der Waals surface area contributed by atoms with Gasteiger partial charge < -0.3 is 14.2 Å². The third kappa shape index (κ3) is 8.43. The molecule has 0 saturated carbocycles. The summed E-state index contributed by atoms with van der Waals surface area (Å²) in [5.74, 6) is 0. The zero-order chi connectivity index (χ0) is 16.5. The van der Waals surface area contributed by atoms with Gasteiger partial charge in [-0.05, 0) is 18.4 Å². The van der Waals surface area contributed by atoms with Crippen molar-refractivity contribution in [2.24, 2.45) is 0 Å². The molecule has 1 unspecified atom stereocenters. The molecular formula is C16H24O6S. The van der Waals surface area contributed by atoms with E-state index < -0.39 is 10.1 Å². The van der Waals surface area contributed by atoms with Gasteiger partial charge in [-0.3, -0.25) is 4.18 Å². The predicted octanol–water partition coefficient (Wildman–Crippen LogP) is 1.74. The van der Waals surface area contributed by atoms with Crippen LogP contribution in [0.25, 0.3) is 0 Å².